The van der Waals surface area contributed by atoms with Gasteiger partial charge in [0.05, 0.1) is 5.54 Å². The van der Waals surface area contributed by atoms with Crippen LogP contribution in [0.1, 0.15) is 20.8 Å². The highest BCUT2D eigenvalue weighted by Gasteiger charge is 2.58. The van der Waals surface area contributed by atoms with E-state index in [1.165, 1.54) is 4.90 Å². The zero-order valence-electron chi connectivity index (χ0n) is 11.4. The normalized spacial score (nSPS) is 37.7. The number of carboxylic acid groups (broad SMARTS) is 1. The van der Waals surface area contributed by atoms with Crippen molar-refractivity contribution < 1.29 is 14.7 Å². The number of nitrogens with one attached hydrogen (secondary N) is 2. The number of nitrogens with two attached hydrogens (primary N) is 1. The fourth-order valence-electron chi connectivity index (χ4n) is 2.60. The van der Waals surface area contributed by atoms with E-state index >= 15 is 0 Å². The third kappa shape index (κ3) is 1.71. The van der Waals surface area contributed by atoms with Crippen LogP contribution in [-0.4, -0.2) is 58.2 Å². The van der Waals surface area contributed by atoms with Gasteiger partial charge in [-0.2, -0.15) is 0 Å². The molecule has 8 heteroatoms. The summed E-state index contributed by atoms with van der Waals surface area (Å²) in [6, 6.07) is -0.770. The van der Waals surface area contributed by atoms with Crippen molar-refractivity contribution in [3.8, 4) is 0 Å². The van der Waals surface area contributed by atoms with Gasteiger partial charge in [-0.3, -0.25) is 25.2 Å². The molecule has 0 saturated carbocycles. The summed E-state index contributed by atoms with van der Waals surface area (Å²) >= 11 is 0. The molecule has 2 aliphatic heterocycles. The Morgan fingerprint density at radius 1 is 1.42 bits per heavy atom. The van der Waals surface area contributed by atoms with Gasteiger partial charge in [0.15, 0.2) is 6.29 Å². The SMILES string of the molecule is CN1C2C(=O)NC(N)NC2=NC(C)(C)C1(C)C(=O)O. The number of nitrogens with zero attached hydrogens (tertiary/aromatic N) is 2. The number of aliphatic carboxylic acids is 1. The number of carbonyl (C=O) groups excluding carboxylic acids is 1. The highest BCUT2D eigenvalue weighted by Crippen LogP contribution is 2.37. The first-order chi connectivity index (χ1) is 8.61. The second-order valence-electron chi connectivity index (χ2n) is 5.58. The van der Waals surface area contributed by atoms with E-state index in [1.807, 2.05) is 0 Å². The number of aliphatic imine (C=N–C) groups is 1. The van der Waals surface area contributed by atoms with Gasteiger partial charge in [-0.25, -0.2) is 0 Å². The highest BCUT2D eigenvalue weighted by molar-refractivity contribution is 6.10. The summed E-state index contributed by atoms with van der Waals surface area (Å²) in [5.41, 5.74) is 3.45. The largest absolute Gasteiger partial charge is 0.480 e. The molecule has 1 amide bonds. The van der Waals surface area contributed by atoms with Crippen LogP contribution in [0.3, 0.4) is 0 Å². The van der Waals surface area contributed by atoms with Crippen molar-refractivity contribution >= 4 is 17.7 Å². The maximum Gasteiger partial charge on any atom is 0.326 e. The summed E-state index contributed by atoms with van der Waals surface area (Å²) in [6.07, 6.45) is -0.708. The van der Waals surface area contributed by atoms with E-state index in [0.717, 1.165) is 0 Å². The molecule has 1 fully saturated rings. The van der Waals surface area contributed by atoms with Gasteiger partial charge in [-0.05, 0) is 27.8 Å². The fourth-order valence-corrected chi connectivity index (χ4v) is 2.60. The molecule has 0 aliphatic carbocycles. The number of carboxylic acids is 1. The van der Waals surface area contributed by atoms with Crippen LogP contribution < -0.4 is 16.4 Å². The maximum atomic E-state index is 12.0. The molecule has 5 N–H and O–H groups in total. The molecule has 0 aromatic rings. The van der Waals surface area contributed by atoms with Crippen LogP contribution in [-0.2, 0) is 9.59 Å². The number of amides is 1. The lowest BCUT2D eigenvalue weighted by molar-refractivity contribution is -0.157. The number of fused-ring (bicyclic) bond motifs is 1. The molecule has 0 radical (unpaired) electrons. The summed E-state index contributed by atoms with van der Waals surface area (Å²) in [5, 5.41) is 14.9. The first-order valence-electron chi connectivity index (χ1n) is 6.00. The lowest BCUT2D eigenvalue weighted by Crippen LogP contribution is -2.78. The van der Waals surface area contributed by atoms with Gasteiger partial charge in [0, 0.05) is 0 Å². The third-order valence-electron chi connectivity index (χ3n) is 4.21. The van der Waals surface area contributed by atoms with Crippen molar-refractivity contribution in [2.45, 2.75) is 44.2 Å². The molecule has 0 aromatic heterocycles. The van der Waals surface area contributed by atoms with Gasteiger partial charge in [0.25, 0.3) is 0 Å². The molecule has 106 valence electrons. The smallest absolute Gasteiger partial charge is 0.326 e. The summed E-state index contributed by atoms with van der Waals surface area (Å²) in [7, 11) is 1.60. The van der Waals surface area contributed by atoms with E-state index in [0.29, 0.717) is 5.84 Å². The Hall–Kier alpha value is -1.67. The lowest BCUT2D eigenvalue weighted by atomic mass is 9.77. The molecule has 2 rings (SSSR count). The first kappa shape index (κ1) is 13.8. The van der Waals surface area contributed by atoms with Crippen molar-refractivity contribution in [2.75, 3.05) is 7.05 Å². The molecule has 3 atom stereocenters. The average Bonchev–Trinajstić information content (AvgIpc) is 2.23. The second kappa shape index (κ2) is 3.91. The molecule has 19 heavy (non-hydrogen) atoms. The van der Waals surface area contributed by atoms with Gasteiger partial charge in [0.1, 0.15) is 17.4 Å². The van der Waals surface area contributed by atoms with Crippen molar-refractivity contribution in [1.29, 1.82) is 0 Å². The molecule has 8 nitrogen and oxygen atoms in total. The van der Waals surface area contributed by atoms with E-state index in [2.05, 4.69) is 15.6 Å². The van der Waals surface area contributed by atoms with Crippen molar-refractivity contribution in [3.63, 3.8) is 0 Å². The van der Waals surface area contributed by atoms with Gasteiger partial charge >= 0.3 is 5.97 Å². The molecule has 2 aliphatic rings. The van der Waals surface area contributed by atoms with Crippen LogP contribution in [0.4, 0.5) is 0 Å². The lowest BCUT2D eigenvalue weighted by Gasteiger charge is -2.52. The van der Waals surface area contributed by atoms with Crippen LogP contribution in [0.5, 0.6) is 0 Å². The maximum absolute atomic E-state index is 12.0. The van der Waals surface area contributed by atoms with Gasteiger partial charge in [-0.1, -0.05) is 0 Å². The van der Waals surface area contributed by atoms with E-state index in [1.54, 1.807) is 27.8 Å². The van der Waals surface area contributed by atoms with E-state index in [-0.39, 0.29) is 5.91 Å². The Kier molecular flexibility index (Phi) is 2.83. The molecule has 0 bridgehead atoms. The second-order valence-corrected chi connectivity index (χ2v) is 5.58. The first-order valence-corrected chi connectivity index (χ1v) is 6.00. The molecule has 0 aromatic carbocycles. The zero-order valence-corrected chi connectivity index (χ0v) is 11.4. The highest BCUT2D eigenvalue weighted by atomic mass is 16.4. The van der Waals surface area contributed by atoms with Crippen molar-refractivity contribution in [1.82, 2.24) is 15.5 Å². The number of likely N-dealkylation sites (N-methyl/N-ethyl adjacent to an activating group) is 1. The summed E-state index contributed by atoms with van der Waals surface area (Å²) in [4.78, 5) is 29.6. The van der Waals surface area contributed by atoms with Gasteiger partial charge < -0.3 is 15.7 Å². The Balaban J connectivity index is 2.56. The monoisotopic (exact) mass is 269 g/mol. The average molecular weight is 269 g/mol. The van der Waals surface area contributed by atoms with Gasteiger partial charge in [0.2, 0.25) is 5.91 Å². The molecule has 2 heterocycles. The predicted molar refractivity (Wildman–Crippen MR) is 68.4 cm³/mol. The summed E-state index contributed by atoms with van der Waals surface area (Å²) in [6.45, 7) is 5.01. The van der Waals surface area contributed by atoms with Crippen LogP contribution in [0.25, 0.3) is 0 Å². The number of hydrogen-bond acceptors (Lipinski definition) is 6. The molecular weight excluding hydrogens is 250 g/mol. The minimum absolute atomic E-state index is 0.351. The minimum Gasteiger partial charge on any atom is -0.480 e. The Labute approximate surface area is 111 Å². The van der Waals surface area contributed by atoms with Crippen molar-refractivity contribution in [2.24, 2.45) is 10.7 Å². The van der Waals surface area contributed by atoms with Crippen molar-refractivity contribution in [3.05, 3.63) is 0 Å². The zero-order chi connectivity index (χ0) is 14.6. The van der Waals surface area contributed by atoms with E-state index in [9.17, 15) is 14.7 Å². The fraction of sp³-hybridized carbons (Fsp3) is 0.727. The van der Waals surface area contributed by atoms with Crippen LogP contribution in [0.15, 0.2) is 4.99 Å². The van der Waals surface area contributed by atoms with Crippen LogP contribution in [0, 0.1) is 0 Å². The Bertz CT molecular complexity index is 475. The van der Waals surface area contributed by atoms with E-state index < -0.39 is 29.4 Å². The summed E-state index contributed by atoms with van der Waals surface area (Å²) < 4.78 is 0. The number of hydrogen-bond donors (Lipinski definition) is 4. The third-order valence-corrected chi connectivity index (χ3v) is 4.21. The van der Waals surface area contributed by atoms with Crippen LogP contribution in [0.2, 0.25) is 0 Å². The Morgan fingerprint density at radius 2 is 2.00 bits per heavy atom. The summed E-state index contributed by atoms with van der Waals surface area (Å²) in [5.74, 6) is -0.969. The van der Waals surface area contributed by atoms with E-state index in [4.69, 9.17) is 5.73 Å². The van der Waals surface area contributed by atoms with Gasteiger partial charge in [-0.15, -0.1) is 0 Å². The van der Waals surface area contributed by atoms with Crippen LogP contribution >= 0.6 is 0 Å². The quantitative estimate of drug-likeness (QED) is 0.449. The molecule has 0 spiro atoms. The number of carbonyl (C=O) groups is 2. The predicted octanol–water partition coefficient (Wildman–Crippen LogP) is -1.72. The molecule has 3 unspecified atom stereocenters. The Morgan fingerprint density at radius 3 is 2.53 bits per heavy atom. The standard InChI is InChI=1S/C11H19N5O3/c1-10(2)11(3,8(18)19)16(4)5-6(15-10)13-9(12)14-7(5)17/h5,9H,12H2,1-4H3,(H,13,15)(H,14,17)(H,18,19). The topological polar surface area (TPSA) is 120 Å². The number of amidine groups is 1. The number of rotatable bonds is 1. The molecular formula is C11H19N5O3. The minimum atomic E-state index is -1.29. The molecule has 1 saturated heterocycles.